The molecule has 2 heterocycles. The van der Waals surface area contributed by atoms with Gasteiger partial charge >= 0.3 is 30.3 Å². The number of amides is 1. The highest BCUT2D eigenvalue weighted by Crippen LogP contribution is 2.24. The summed E-state index contributed by atoms with van der Waals surface area (Å²) in [5, 5.41) is 21.9. The summed E-state index contributed by atoms with van der Waals surface area (Å²) < 4.78 is 69.0. The van der Waals surface area contributed by atoms with Crippen molar-refractivity contribution in [2.75, 3.05) is 19.6 Å². The highest BCUT2D eigenvalue weighted by molar-refractivity contribution is 5.96. The lowest BCUT2D eigenvalue weighted by molar-refractivity contribution is -0.193. The van der Waals surface area contributed by atoms with Crippen molar-refractivity contribution in [1.29, 1.82) is 5.41 Å². The van der Waals surface area contributed by atoms with Crippen molar-refractivity contribution in [1.82, 2.24) is 9.80 Å². The topological polar surface area (TPSA) is 174 Å². The molecule has 17 heteroatoms. The fourth-order valence-electron chi connectivity index (χ4n) is 3.82. The summed E-state index contributed by atoms with van der Waals surface area (Å²) in [5.74, 6) is -5.48. The number of rotatable bonds is 3. The third-order valence-corrected chi connectivity index (χ3v) is 5.99. The number of hydrogen-bond donors (Lipinski definition) is 4. The largest absolute Gasteiger partial charge is 0.490 e. The molecule has 11 nitrogen and oxygen atoms in total. The number of hydrogen-bond acceptors (Lipinski definition) is 6. The molecular formula is C26H26F6N4O7. The minimum atomic E-state index is -5.08. The molecule has 1 amide bonds. The molecule has 5 N–H and O–H groups in total. The van der Waals surface area contributed by atoms with Crippen molar-refractivity contribution < 1.29 is 60.5 Å². The lowest BCUT2D eigenvalue weighted by Crippen LogP contribution is -2.40. The smallest absolute Gasteiger partial charge is 0.475 e. The zero-order valence-electron chi connectivity index (χ0n) is 22.2. The molecule has 234 valence electrons. The Morgan fingerprint density at radius 3 is 1.72 bits per heavy atom. The molecule has 43 heavy (non-hydrogen) atoms. The number of alkyl halides is 6. The first-order valence-corrected chi connectivity index (χ1v) is 12.3. The number of carboxylic acids is 2. The Balaban J connectivity index is 0.000000384. The molecule has 2 aliphatic heterocycles. The van der Waals surface area contributed by atoms with E-state index in [0.29, 0.717) is 30.0 Å². The third-order valence-electron chi connectivity index (χ3n) is 5.99. The number of carboxylic acid groups (broad SMARTS) is 2. The number of aliphatic carboxylic acids is 2. The lowest BCUT2D eigenvalue weighted by atomic mass is 10.00. The summed E-state index contributed by atoms with van der Waals surface area (Å²) in [6.07, 6.45) is -7.28. The van der Waals surface area contributed by atoms with Gasteiger partial charge in [0.2, 0.25) is 0 Å². The normalized spacial score (nSPS) is 14.3. The maximum Gasteiger partial charge on any atom is 0.490 e. The first-order valence-electron chi connectivity index (χ1n) is 12.3. The van der Waals surface area contributed by atoms with Crippen molar-refractivity contribution in [2.45, 2.75) is 38.2 Å². The molecular weight excluding hydrogens is 594 g/mol. The van der Waals surface area contributed by atoms with E-state index in [4.69, 9.17) is 35.7 Å². The van der Waals surface area contributed by atoms with Gasteiger partial charge in [-0.15, -0.1) is 0 Å². The summed E-state index contributed by atoms with van der Waals surface area (Å²) in [6.45, 7) is 2.83. The predicted octanol–water partition coefficient (Wildman–Crippen LogP) is 3.66. The molecule has 0 atom stereocenters. The second-order valence-corrected chi connectivity index (χ2v) is 9.06. The highest BCUT2D eigenvalue weighted by Gasteiger charge is 2.38. The van der Waals surface area contributed by atoms with E-state index in [0.717, 1.165) is 37.9 Å². The molecule has 0 radical (unpaired) electrons. The first-order chi connectivity index (χ1) is 19.9. The average molecular weight is 621 g/mol. The monoisotopic (exact) mass is 620 g/mol. The molecule has 0 aromatic heterocycles. The van der Waals surface area contributed by atoms with Gasteiger partial charge in [-0.3, -0.25) is 10.2 Å². The van der Waals surface area contributed by atoms with Crippen LogP contribution in [0.25, 0.3) is 0 Å². The summed E-state index contributed by atoms with van der Waals surface area (Å²) in [7, 11) is 0. The number of fused-ring (bicyclic) bond motifs is 1. The van der Waals surface area contributed by atoms with Gasteiger partial charge in [-0.25, -0.2) is 14.4 Å². The van der Waals surface area contributed by atoms with Crippen LogP contribution < -0.4 is 10.5 Å². The van der Waals surface area contributed by atoms with Gasteiger partial charge in [-0.1, -0.05) is 6.07 Å². The Labute approximate surface area is 239 Å². The molecule has 0 saturated carbocycles. The fourth-order valence-corrected chi connectivity index (χ4v) is 3.82. The third kappa shape index (κ3) is 10.5. The van der Waals surface area contributed by atoms with Gasteiger partial charge in [-0.2, -0.15) is 26.3 Å². The van der Waals surface area contributed by atoms with E-state index in [9.17, 15) is 35.9 Å². The molecule has 2 aromatic rings. The molecule has 1 saturated heterocycles. The predicted molar refractivity (Wildman–Crippen MR) is 136 cm³/mol. The average Bonchev–Trinajstić information content (AvgIpc) is 3.47. The number of nitrogens with two attached hydrogens (primary N) is 1. The summed E-state index contributed by atoms with van der Waals surface area (Å²) in [4.78, 5) is 46.3. The number of esters is 1. The number of likely N-dealkylation sites (tertiary alicyclic amines) is 1. The van der Waals surface area contributed by atoms with Gasteiger partial charge in [0.25, 0.3) is 5.91 Å². The molecule has 0 unspecified atom stereocenters. The standard InChI is InChI=1S/C22H24N4O3.2C2HF3O2/c23-22(24)26-12-9-15-7-8-19(13-18(15)14-26)29-21(28)17-5-3-16(4-6-17)20(27)25-10-1-2-11-25;2*3-2(4,5)1(6)7/h3-8,13H,1-2,9-12,14H2,(H3,23,24);2*(H,6,7). The van der Waals surface area contributed by atoms with Crippen LogP contribution in [-0.2, 0) is 22.6 Å². The van der Waals surface area contributed by atoms with Crippen molar-refractivity contribution in [2.24, 2.45) is 5.73 Å². The van der Waals surface area contributed by atoms with Gasteiger partial charge in [0.05, 0.1) is 5.56 Å². The Morgan fingerprint density at radius 2 is 1.26 bits per heavy atom. The second kappa shape index (κ2) is 14.4. The van der Waals surface area contributed by atoms with E-state index >= 15 is 0 Å². The van der Waals surface area contributed by atoms with E-state index in [2.05, 4.69) is 0 Å². The van der Waals surface area contributed by atoms with Crippen LogP contribution in [0.15, 0.2) is 42.5 Å². The van der Waals surface area contributed by atoms with Crippen LogP contribution in [0.1, 0.15) is 44.7 Å². The first kappa shape index (κ1) is 34.4. The molecule has 0 spiro atoms. The van der Waals surface area contributed by atoms with Crippen LogP contribution in [0.5, 0.6) is 5.75 Å². The maximum absolute atomic E-state index is 12.5. The van der Waals surface area contributed by atoms with Gasteiger partial charge in [0.15, 0.2) is 5.96 Å². The number of halogens is 6. The minimum absolute atomic E-state index is 0.00660. The number of ether oxygens (including phenoxy) is 1. The SMILES string of the molecule is N=C(N)N1CCc2ccc(OC(=O)c3ccc(C(=O)N4CCCC4)cc3)cc2C1.O=C(O)C(F)(F)F.O=C(O)C(F)(F)F. The number of guanidine groups is 1. The van der Waals surface area contributed by atoms with E-state index in [1.54, 1.807) is 35.2 Å². The zero-order valence-corrected chi connectivity index (χ0v) is 22.2. The molecule has 2 aromatic carbocycles. The molecule has 4 rings (SSSR count). The summed E-state index contributed by atoms with van der Waals surface area (Å²) >= 11 is 0. The van der Waals surface area contributed by atoms with Crippen molar-refractivity contribution in [3.63, 3.8) is 0 Å². The van der Waals surface area contributed by atoms with E-state index in [1.807, 2.05) is 17.0 Å². The number of carbonyl (C=O) groups is 4. The van der Waals surface area contributed by atoms with Gasteiger partial charge in [0.1, 0.15) is 5.75 Å². The van der Waals surface area contributed by atoms with Crippen LogP contribution in [0.4, 0.5) is 26.3 Å². The zero-order chi connectivity index (χ0) is 32.5. The van der Waals surface area contributed by atoms with Crippen LogP contribution in [-0.4, -0.2) is 81.8 Å². The van der Waals surface area contributed by atoms with Crippen molar-refractivity contribution >= 4 is 29.8 Å². The minimum Gasteiger partial charge on any atom is -0.475 e. The molecule has 0 aliphatic carbocycles. The van der Waals surface area contributed by atoms with Gasteiger partial charge < -0.3 is 30.5 Å². The number of nitrogens with zero attached hydrogens (tertiary/aromatic N) is 2. The molecule has 2 aliphatic rings. The Hall–Kier alpha value is -4.83. The van der Waals surface area contributed by atoms with Crippen LogP contribution in [0.2, 0.25) is 0 Å². The van der Waals surface area contributed by atoms with Gasteiger partial charge in [-0.05, 0) is 66.8 Å². The lowest BCUT2D eigenvalue weighted by Gasteiger charge is -2.29. The van der Waals surface area contributed by atoms with Crippen LogP contribution in [0.3, 0.4) is 0 Å². The Morgan fingerprint density at radius 1 is 0.767 bits per heavy atom. The molecule has 1 fully saturated rings. The number of benzene rings is 2. The second-order valence-electron chi connectivity index (χ2n) is 9.06. The number of carbonyl (C=O) groups excluding carboxylic acids is 2. The van der Waals surface area contributed by atoms with E-state index in [-0.39, 0.29) is 11.9 Å². The van der Waals surface area contributed by atoms with Crippen LogP contribution >= 0.6 is 0 Å². The Kier molecular flexibility index (Phi) is 11.5. The van der Waals surface area contributed by atoms with Gasteiger partial charge in [0, 0.05) is 31.7 Å². The molecule has 0 bridgehead atoms. The quantitative estimate of drug-likeness (QED) is 0.131. The summed E-state index contributed by atoms with van der Waals surface area (Å²) in [5.41, 5.74) is 8.74. The van der Waals surface area contributed by atoms with E-state index in [1.165, 1.54) is 5.56 Å². The highest BCUT2D eigenvalue weighted by atomic mass is 19.4. The summed E-state index contributed by atoms with van der Waals surface area (Å²) in [6, 6.07) is 12.2. The maximum atomic E-state index is 12.5. The number of nitrogens with one attached hydrogen (secondary N) is 1. The van der Waals surface area contributed by atoms with Crippen molar-refractivity contribution in [3.8, 4) is 5.75 Å². The van der Waals surface area contributed by atoms with Crippen LogP contribution in [0, 0.1) is 5.41 Å². The Bertz CT molecular complexity index is 1320. The fraction of sp³-hybridized carbons (Fsp3) is 0.346. The van der Waals surface area contributed by atoms with E-state index < -0.39 is 30.3 Å². The van der Waals surface area contributed by atoms with Crippen molar-refractivity contribution in [3.05, 3.63) is 64.7 Å².